The van der Waals surface area contributed by atoms with Crippen LogP contribution < -0.4 is 0 Å². The third-order valence-corrected chi connectivity index (χ3v) is 7.20. The summed E-state index contributed by atoms with van der Waals surface area (Å²) in [6.07, 6.45) is 3.25. The minimum absolute atomic E-state index is 0.216. The predicted octanol–water partition coefficient (Wildman–Crippen LogP) is 5.36. The van der Waals surface area contributed by atoms with E-state index in [-0.39, 0.29) is 31.8 Å². The average molecular weight is 386 g/mol. The number of hydrogen-bond donors (Lipinski definition) is 0. The SMILES string of the molecule is CCCCOP(=O)(OCCCC)OC(C)P1(=O)OCC(C)(C)CO1. The van der Waals surface area contributed by atoms with Crippen molar-refractivity contribution in [3.8, 4) is 0 Å². The summed E-state index contributed by atoms with van der Waals surface area (Å²) >= 11 is 0. The van der Waals surface area contributed by atoms with Gasteiger partial charge in [-0.05, 0) is 19.8 Å². The summed E-state index contributed by atoms with van der Waals surface area (Å²) in [4.78, 5) is 0. The number of hydrogen-bond acceptors (Lipinski definition) is 7. The number of phosphoric acid groups is 1. The van der Waals surface area contributed by atoms with E-state index in [1.165, 1.54) is 6.92 Å². The molecule has 1 fully saturated rings. The van der Waals surface area contributed by atoms with Gasteiger partial charge in [0.2, 0.25) is 0 Å². The zero-order chi connectivity index (χ0) is 18.3. The Balaban J connectivity index is 2.69. The molecule has 0 spiro atoms. The van der Waals surface area contributed by atoms with Crippen molar-refractivity contribution in [2.24, 2.45) is 5.41 Å². The van der Waals surface area contributed by atoms with Gasteiger partial charge >= 0.3 is 15.4 Å². The highest BCUT2D eigenvalue weighted by molar-refractivity contribution is 7.55. The van der Waals surface area contributed by atoms with Crippen molar-refractivity contribution in [3.63, 3.8) is 0 Å². The fraction of sp³-hybridized carbons (Fsp3) is 1.00. The van der Waals surface area contributed by atoms with Crippen molar-refractivity contribution in [1.29, 1.82) is 0 Å². The molecule has 0 radical (unpaired) electrons. The second-order valence-corrected chi connectivity index (χ2v) is 10.7. The van der Waals surface area contributed by atoms with Gasteiger partial charge < -0.3 is 9.05 Å². The molecule has 1 rings (SSSR count). The number of phosphoric ester groups is 1. The van der Waals surface area contributed by atoms with Gasteiger partial charge in [-0.3, -0.25) is 18.1 Å². The van der Waals surface area contributed by atoms with Gasteiger partial charge in [0.05, 0.1) is 26.4 Å². The average Bonchev–Trinajstić information content (AvgIpc) is 2.51. The molecule has 7 nitrogen and oxygen atoms in total. The Labute approximate surface area is 145 Å². The van der Waals surface area contributed by atoms with E-state index < -0.39 is 21.3 Å². The van der Waals surface area contributed by atoms with E-state index in [1.807, 2.05) is 27.7 Å². The molecular weight excluding hydrogens is 354 g/mol. The molecular formula is C15H32O7P2. The lowest BCUT2D eigenvalue weighted by Crippen LogP contribution is -2.32. The summed E-state index contributed by atoms with van der Waals surface area (Å²) in [6.45, 7) is 10.5. The van der Waals surface area contributed by atoms with Crippen LogP contribution in [0, 0.1) is 5.41 Å². The zero-order valence-corrected chi connectivity index (χ0v) is 17.3. The summed E-state index contributed by atoms with van der Waals surface area (Å²) in [5.41, 5.74) is -0.216. The Morgan fingerprint density at radius 3 is 1.96 bits per heavy atom. The molecule has 1 aliphatic heterocycles. The minimum atomic E-state index is -3.81. The minimum Gasteiger partial charge on any atom is -0.306 e. The molecule has 0 amide bonds. The molecule has 0 aliphatic carbocycles. The van der Waals surface area contributed by atoms with Crippen molar-refractivity contribution >= 4 is 15.4 Å². The van der Waals surface area contributed by atoms with Crippen LogP contribution in [0.1, 0.15) is 60.3 Å². The Kier molecular flexibility index (Phi) is 9.12. The van der Waals surface area contributed by atoms with Crippen LogP contribution in [0.15, 0.2) is 0 Å². The first-order valence-corrected chi connectivity index (χ1v) is 11.7. The van der Waals surface area contributed by atoms with Crippen molar-refractivity contribution in [1.82, 2.24) is 0 Å². The number of unbranched alkanes of at least 4 members (excludes halogenated alkanes) is 2. The summed E-state index contributed by atoms with van der Waals surface area (Å²) < 4.78 is 52.5. The molecule has 1 atom stereocenters. The van der Waals surface area contributed by atoms with Gasteiger partial charge in [-0.2, -0.15) is 0 Å². The van der Waals surface area contributed by atoms with E-state index in [4.69, 9.17) is 22.6 Å². The van der Waals surface area contributed by atoms with Crippen LogP contribution >= 0.6 is 15.4 Å². The van der Waals surface area contributed by atoms with Gasteiger partial charge in [0.25, 0.3) is 0 Å². The molecule has 0 aromatic heterocycles. The lowest BCUT2D eigenvalue weighted by Gasteiger charge is -2.36. The normalized spacial score (nSPS) is 21.5. The van der Waals surface area contributed by atoms with Gasteiger partial charge in [-0.15, -0.1) is 0 Å². The molecule has 1 saturated heterocycles. The van der Waals surface area contributed by atoms with Crippen molar-refractivity contribution in [3.05, 3.63) is 0 Å². The molecule has 1 heterocycles. The van der Waals surface area contributed by atoms with Crippen molar-refractivity contribution in [2.45, 2.75) is 66.1 Å². The molecule has 9 heteroatoms. The van der Waals surface area contributed by atoms with E-state index >= 15 is 0 Å². The predicted molar refractivity (Wildman–Crippen MR) is 93.2 cm³/mol. The highest BCUT2D eigenvalue weighted by atomic mass is 31.2. The van der Waals surface area contributed by atoms with Gasteiger partial charge in [0, 0.05) is 5.41 Å². The smallest absolute Gasteiger partial charge is 0.306 e. The largest absolute Gasteiger partial charge is 0.475 e. The van der Waals surface area contributed by atoms with E-state index in [1.54, 1.807) is 0 Å². The second-order valence-electron chi connectivity index (χ2n) is 6.78. The van der Waals surface area contributed by atoms with Gasteiger partial charge in [0.1, 0.15) is 0 Å². The standard InChI is InChI=1S/C15H32O7P2/c1-6-8-10-18-24(17,19-11-9-7-2)22-14(3)23(16)20-12-15(4,5)13-21-23/h14H,6-13H2,1-5H3. The highest BCUT2D eigenvalue weighted by Gasteiger charge is 2.45. The summed E-state index contributed by atoms with van der Waals surface area (Å²) in [7, 11) is -7.32. The molecule has 0 bridgehead atoms. The molecule has 0 aromatic carbocycles. The summed E-state index contributed by atoms with van der Waals surface area (Å²) in [5, 5.41) is 0. The lowest BCUT2D eigenvalue weighted by atomic mass is 9.97. The maximum Gasteiger partial charge on any atom is 0.475 e. The van der Waals surface area contributed by atoms with E-state index in [2.05, 4.69) is 0 Å². The van der Waals surface area contributed by atoms with E-state index in [0.717, 1.165) is 25.7 Å². The third-order valence-electron chi connectivity index (χ3n) is 3.49. The second kappa shape index (κ2) is 9.82. The van der Waals surface area contributed by atoms with Crippen molar-refractivity contribution < 1.29 is 31.7 Å². The quantitative estimate of drug-likeness (QED) is 0.349. The van der Waals surface area contributed by atoms with Crippen LogP contribution in [0.5, 0.6) is 0 Å². The zero-order valence-electron chi connectivity index (χ0n) is 15.5. The molecule has 24 heavy (non-hydrogen) atoms. The van der Waals surface area contributed by atoms with Crippen LogP contribution in [-0.4, -0.2) is 32.3 Å². The summed E-state index contributed by atoms with van der Waals surface area (Å²) in [5.74, 6) is -1.03. The fourth-order valence-corrected chi connectivity index (χ4v) is 5.44. The van der Waals surface area contributed by atoms with Crippen LogP contribution in [0.3, 0.4) is 0 Å². The Morgan fingerprint density at radius 2 is 1.54 bits per heavy atom. The monoisotopic (exact) mass is 386 g/mol. The first kappa shape index (κ1) is 22.3. The Hall–Kier alpha value is 0.260. The molecule has 1 aliphatic rings. The van der Waals surface area contributed by atoms with Gasteiger partial charge in [-0.1, -0.05) is 40.5 Å². The lowest BCUT2D eigenvalue weighted by molar-refractivity contribution is 0.0203. The van der Waals surface area contributed by atoms with Crippen LogP contribution in [0.2, 0.25) is 0 Å². The van der Waals surface area contributed by atoms with Gasteiger partial charge in [0.15, 0.2) is 5.85 Å². The molecule has 0 N–H and O–H groups in total. The first-order valence-electron chi connectivity index (χ1n) is 8.63. The molecule has 144 valence electrons. The highest BCUT2D eigenvalue weighted by Crippen LogP contribution is 2.63. The summed E-state index contributed by atoms with van der Waals surface area (Å²) in [6, 6.07) is 0. The van der Waals surface area contributed by atoms with Crippen molar-refractivity contribution in [2.75, 3.05) is 26.4 Å². The van der Waals surface area contributed by atoms with Crippen LogP contribution in [-0.2, 0) is 31.7 Å². The number of rotatable bonds is 11. The molecule has 0 saturated carbocycles. The Bertz CT molecular complexity index is 439. The van der Waals surface area contributed by atoms with E-state index in [9.17, 15) is 9.13 Å². The third kappa shape index (κ3) is 7.25. The van der Waals surface area contributed by atoms with Crippen LogP contribution in [0.4, 0.5) is 0 Å². The van der Waals surface area contributed by atoms with Crippen LogP contribution in [0.25, 0.3) is 0 Å². The maximum absolute atomic E-state index is 12.8. The van der Waals surface area contributed by atoms with Gasteiger partial charge in [-0.25, -0.2) is 4.57 Å². The molecule has 0 aromatic rings. The first-order chi connectivity index (χ1) is 11.2. The van der Waals surface area contributed by atoms with E-state index in [0.29, 0.717) is 0 Å². The topological polar surface area (TPSA) is 80.3 Å². The fourth-order valence-electron chi connectivity index (χ4n) is 1.80. The Morgan fingerprint density at radius 1 is 1.08 bits per heavy atom. The molecule has 1 unspecified atom stereocenters. The maximum atomic E-state index is 12.8.